The number of rotatable bonds is 5. The average Bonchev–Trinajstić information content (AvgIpc) is 3.17. The van der Waals surface area contributed by atoms with Gasteiger partial charge in [-0.2, -0.15) is 0 Å². The van der Waals surface area contributed by atoms with Crippen LogP contribution in [0.4, 0.5) is 0 Å². The molecule has 2 aliphatic rings. The Labute approximate surface area is 119 Å². The van der Waals surface area contributed by atoms with Crippen LogP contribution in [-0.4, -0.2) is 31.6 Å². The molecule has 0 saturated heterocycles. The molecule has 0 saturated carbocycles. The molecule has 2 unspecified atom stereocenters. The van der Waals surface area contributed by atoms with E-state index in [0.29, 0.717) is 12.5 Å². The first-order valence-corrected chi connectivity index (χ1v) is 7.24. The number of hydrogen-bond acceptors (Lipinski definition) is 4. The number of hydrogen-bond donors (Lipinski definition) is 0. The molecule has 106 valence electrons. The monoisotopic (exact) mass is 272 g/mol. The highest BCUT2D eigenvalue weighted by atomic mass is 16.5. The summed E-state index contributed by atoms with van der Waals surface area (Å²) < 4.78 is 11.2. The Bertz CT molecular complexity index is 510. The molecule has 4 nitrogen and oxygen atoms in total. The minimum absolute atomic E-state index is 0.154. The zero-order valence-electron chi connectivity index (χ0n) is 11.8. The fourth-order valence-corrected chi connectivity index (χ4v) is 2.52. The van der Waals surface area contributed by atoms with E-state index in [4.69, 9.17) is 9.47 Å². The van der Waals surface area contributed by atoms with Crippen molar-refractivity contribution < 1.29 is 9.47 Å². The lowest BCUT2D eigenvalue weighted by Gasteiger charge is -2.10. The first-order chi connectivity index (χ1) is 9.83. The molecule has 0 bridgehead atoms. The molecule has 0 fully saturated rings. The number of ether oxygens (including phenoxy) is 2. The van der Waals surface area contributed by atoms with Crippen molar-refractivity contribution in [2.24, 2.45) is 15.9 Å². The van der Waals surface area contributed by atoms with Gasteiger partial charge in [0.25, 0.3) is 0 Å². The fraction of sp³-hybridized carbons (Fsp3) is 0.500. The van der Waals surface area contributed by atoms with E-state index in [1.807, 2.05) is 18.2 Å². The Morgan fingerprint density at radius 3 is 2.85 bits per heavy atom. The van der Waals surface area contributed by atoms with Crippen LogP contribution < -0.4 is 0 Å². The van der Waals surface area contributed by atoms with E-state index >= 15 is 0 Å². The van der Waals surface area contributed by atoms with Crippen LogP contribution in [0.1, 0.15) is 31.4 Å². The Morgan fingerprint density at radius 2 is 2.10 bits per heavy atom. The summed E-state index contributed by atoms with van der Waals surface area (Å²) in [6, 6.07) is 10.5. The van der Waals surface area contributed by atoms with E-state index in [-0.39, 0.29) is 6.04 Å². The SMILES string of the molecule is CC(CCC1=NC(c2ccccc2)CO1)C1=NCCO1. The van der Waals surface area contributed by atoms with Crippen molar-refractivity contribution in [2.75, 3.05) is 19.8 Å². The van der Waals surface area contributed by atoms with Gasteiger partial charge in [0.05, 0.1) is 6.54 Å². The first-order valence-electron chi connectivity index (χ1n) is 7.24. The van der Waals surface area contributed by atoms with E-state index in [1.165, 1.54) is 5.56 Å². The van der Waals surface area contributed by atoms with E-state index < -0.39 is 0 Å². The Hall–Kier alpha value is -1.84. The summed E-state index contributed by atoms with van der Waals surface area (Å²) in [6.07, 6.45) is 1.83. The van der Waals surface area contributed by atoms with Gasteiger partial charge in [0.2, 0.25) is 0 Å². The predicted octanol–water partition coefficient (Wildman–Crippen LogP) is 3.00. The van der Waals surface area contributed by atoms with Crippen molar-refractivity contribution in [1.82, 2.24) is 0 Å². The summed E-state index contributed by atoms with van der Waals surface area (Å²) in [5, 5.41) is 0. The second-order valence-electron chi connectivity index (χ2n) is 5.27. The van der Waals surface area contributed by atoms with Crippen LogP contribution in [0.15, 0.2) is 40.3 Å². The molecular formula is C16H20N2O2. The third-order valence-corrected chi connectivity index (χ3v) is 3.71. The molecule has 1 aromatic carbocycles. The summed E-state index contributed by atoms with van der Waals surface area (Å²) >= 11 is 0. The fourth-order valence-electron chi connectivity index (χ4n) is 2.52. The summed E-state index contributed by atoms with van der Waals surface area (Å²) in [4.78, 5) is 9.03. The topological polar surface area (TPSA) is 43.2 Å². The van der Waals surface area contributed by atoms with Crippen molar-refractivity contribution in [3.8, 4) is 0 Å². The van der Waals surface area contributed by atoms with Gasteiger partial charge in [-0.3, -0.25) is 4.99 Å². The van der Waals surface area contributed by atoms with Crippen molar-refractivity contribution in [3.05, 3.63) is 35.9 Å². The second-order valence-corrected chi connectivity index (χ2v) is 5.27. The maximum absolute atomic E-state index is 5.70. The van der Waals surface area contributed by atoms with Gasteiger partial charge in [-0.25, -0.2) is 4.99 Å². The molecule has 0 amide bonds. The van der Waals surface area contributed by atoms with Gasteiger partial charge in [0.15, 0.2) is 11.8 Å². The van der Waals surface area contributed by atoms with Crippen LogP contribution in [-0.2, 0) is 9.47 Å². The van der Waals surface area contributed by atoms with Crippen LogP contribution in [0.2, 0.25) is 0 Å². The summed E-state index contributed by atoms with van der Waals surface area (Å²) in [6.45, 7) is 4.33. The number of aliphatic imine (C=N–C) groups is 2. The molecule has 0 radical (unpaired) electrons. The van der Waals surface area contributed by atoms with E-state index in [9.17, 15) is 0 Å². The Balaban J connectivity index is 1.54. The van der Waals surface area contributed by atoms with Gasteiger partial charge < -0.3 is 9.47 Å². The predicted molar refractivity (Wildman–Crippen MR) is 79.2 cm³/mol. The zero-order chi connectivity index (χ0) is 13.8. The van der Waals surface area contributed by atoms with E-state index in [2.05, 4.69) is 29.0 Å². The van der Waals surface area contributed by atoms with Crippen LogP contribution >= 0.6 is 0 Å². The van der Waals surface area contributed by atoms with Crippen LogP contribution in [0.3, 0.4) is 0 Å². The Morgan fingerprint density at radius 1 is 1.25 bits per heavy atom. The Kier molecular flexibility index (Phi) is 4.00. The summed E-state index contributed by atoms with van der Waals surface area (Å²) in [7, 11) is 0. The average molecular weight is 272 g/mol. The first kappa shape index (κ1) is 13.2. The largest absolute Gasteiger partial charge is 0.479 e. The highest BCUT2D eigenvalue weighted by molar-refractivity contribution is 5.81. The minimum atomic E-state index is 0.154. The molecular weight excluding hydrogens is 252 g/mol. The summed E-state index contributed by atoms with van der Waals surface area (Å²) in [5.41, 5.74) is 1.22. The lowest BCUT2D eigenvalue weighted by molar-refractivity contribution is 0.305. The molecule has 2 heterocycles. The van der Waals surface area contributed by atoms with E-state index in [1.54, 1.807) is 0 Å². The van der Waals surface area contributed by atoms with Crippen molar-refractivity contribution in [2.45, 2.75) is 25.8 Å². The quantitative estimate of drug-likeness (QED) is 0.827. The van der Waals surface area contributed by atoms with Gasteiger partial charge in [-0.15, -0.1) is 0 Å². The molecule has 2 aliphatic heterocycles. The molecule has 1 aromatic rings. The van der Waals surface area contributed by atoms with Gasteiger partial charge >= 0.3 is 0 Å². The highest BCUT2D eigenvalue weighted by Gasteiger charge is 2.22. The molecule has 0 aliphatic carbocycles. The lowest BCUT2D eigenvalue weighted by atomic mass is 10.1. The maximum atomic E-state index is 5.70. The third kappa shape index (κ3) is 3.00. The molecule has 2 atom stereocenters. The van der Waals surface area contributed by atoms with Crippen molar-refractivity contribution in [1.29, 1.82) is 0 Å². The molecule has 0 N–H and O–H groups in total. The molecule has 3 rings (SSSR count). The standard InChI is InChI=1S/C16H20N2O2/c1-12(16-17-9-10-19-16)7-8-15-18-14(11-20-15)13-5-3-2-4-6-13/h2-6,12,14H,7-11H2,1H3. The molecule has 4 heteroatoms. The van der Waals surface area contributed by atoms with Crippen LogP contribution in [0, 0.1) is 5.92 Å². The van der Waals surface area contributed by atoms with Gasteiger partial charge in [-0.05, 0) is 12.0 Å². The molecule has 0 spiro atoms. The second kappa shape index (κ2) is 6.07. The van der Waals surface area contributed by atoms with Crippen molar-refractivity contribution in [3.63, 3.8) is 0 Å². The number of nitrogens with zero attached hydrogens (tertiary/aromatic N) is 2. The van der Waals surface area contributed by atoms with Gasteiger partial charge in [-0.1, -0.05) is 37.3 Å². The highest BCUT2D eigenvalue weighted by Crippen LogP contribution is 2.24. The normalized spacial score (nSPS) is 22.8. The van der Waals surface area contributed by atoms with E-state index in [0.717, 1.165) is 37.8 Å². The number of benzene rings is 1. The van der Waals surface area contributed by atoms with Crippen molar-refractivity contribution >= 4 is 11.8 Å². The zero-order valence-corrected chi connectivity index (χ0v) is 11.8. The van der Waals surface area contributed by atoms with Gasteiger partial charge in [0, 0.05) is 12.3 Å². The smallest absolute Gasteiger partial charge is 0.186 e. The minimum Gasteiger partial charge on any atom is -0.479 e. The van der Waals surface area contributed by atoms with Gasteiger partial charge in [0.1, 0.15) is 19.3 Å². The molecule has 20 heavy (non-hydrogen) atoms. The van der Waals surface area contributed by atoms with Crippen LogP contribution in [0.5, 0.6) is 0 Å². The van der Waals surface area contributed by atoms with Crippen LogP contribution in [0.25, 0.3) is 0 Å². The third-order valence-electron chi connectivity index (χ3n) is 3.71. The molecule has 0 aromatic heterocycles. The summed E-state index contributed by atoms with van der Waals surface area (Å²) in [5.74, 6) is 2.10. The maximum Gasteiger partial charge on any atom is 0.186 e. The lowest BCUT2D eigenvalue weighted by Crippen LogP contribution is -2.13.